The Morgan fingerprint density at radius 3 is 2.66 bits per heavy atom. The molecule has 0 radical (unpaired) electrons. The molecule has 1 aliphatic heterocycles. The Balaban J connectivity index is 1.63. The molecule has 0 saturated carbocycles. The zero-order valence-corrected chi connectivity index (χ0v) is 17.7. The summed E-state index contributed by atoms with van der Waals surface area (Å²) >= 11 is 0. The number of ether oxygens (including phenoxy) is 1. The number of sulfonamides is 1. The third-order valence-electron chi connectivity index (χ3n) is 4.81. The number of nitrogens with one attached hydrogen (secondary N) is 1. The molecule has 1 saturated heterocycles. The molecule has 6 nitrogen and oxygen atoms in total. The zero-order chi connectivity index (χ0) is 20.9. The standard InChI is InChI=1S/C22H28N2O4S/c1-17(2)28-21-12-6-11-20(14-21)23-22(25)19-10-7-13-24(15-19)29(26,27)16-18-8-4-3-5-9-18/h3-6,8-9,11-12,14,17,19H,7,10,13,15-16H2,1-2H3,(H,23,25)/t19-/m1/s1. The molecule has 0 spiro atoms. The van der Waals surface area contributed by atoms with E-state index in [4.69, 9.17) is 4.74 Å². The van der Waals surface area contributed by atoms with Gasteiger partial charge in [-0.2, -0.15) is 0 Å². The first-order valence-electron chi connectivity index (χ1n) is 9.93. The highest BCUT2D eigenvalue weighted by atomic mass is 32.2. The van der Waals surface area contributed by atoms with Crippen molar-refractivity contribution in [3.8, 4) is 5.75 Å². The predicted molar refractivity (Wildman–Crippen MR) is 114 cm³/mol. The molecule has 1 amide bonds. The number of carbonyl (C=O) groups excluding carboxylic acids is 1. The lowest BCUT2D eigenvalue weighted by Gasteiger charge is -2.31. The molecule has 3 rings (SSSR count). The van der Waals surface area contributed by atoms with E-state index in [-0.39, 0.29) is 30.2 Å². The molecule has 1 N–H and O–H groups in total. The van der Waals surface area contributed by atoms with E-state index >= 15 is 0 Å². The van der Waals surface area contributed by atoms with Gasteiger partial charge in [-0.1, -0.05) is 36.4 Å². The van der Waals surface area contributed by atoms with E-state index in [9.17, 15) is 13.2 Å². The van der Waals surface area contributed by atoms with Crippen LogP contribution in [0, 0.1) is 5.92 Å². The van der Waals surface area contributed by atoms with E-state index in [0.717, 1.165) is 5.56 Å². The Morgan fingerprint density at radius 2 is 1.93 bits per heavy atom. The topological polar surface area (TPSA) is 75.7 Å². The van der Waals surface area contributed by atoms with E-state index < -0.39 is 10.0 Å². The summed E-state index contributed by atoms with van der Waals surface area (Å²) in [6.07, 6.45) is 1.39. The summed E-state index contributed by atoms with van der Waals surface area (Å²) in [5, 5.41) is 2.91. The number of amides is 1. The van der Waals surface area contributed by atoms with Crippen LogP contribution in [0.4, 0.5) is 5.69 Å². The van der Waals surface area contributed by atoms with Gasteiger partial charge in [0.15, 0.2) is 0 Å². The quantitative estimate of drug-likeness (QED) is 0.747. The molecule has 156 valence electrons. The molecule has 1 atom stereocenters. The Kier molecular flexibility index (Phi) is 6.92. The zero-order valence-electron chi connectivity index (χ0n) is 16.9. The number of rotatable bonds is 7. The molecular weight excluding hydrogens is 388 g/mol. The van der Waals surface area contributed by atoms with Gasteiger partial charge in [-0.3, -0.25) is 4.79 Å². The second-order valence-electron chi connectivity index (χ2n) is 7.62. The number of nitrogens with zero attached hydrogens (tertiary/aromatic N) is 1. The second-order valence-corrected chi connectivity index (χ2v) is 9.59. The highest BCUT2D eigenvalue weighted by Gasteiger charge is 2.32. The van der Waals surface area contributed by atoms with Crippen LogP contribution in [0.5, 0.6) is 5.75 Å². The van der Waals surface area contributed by atoms with Crippen molar-refractivity contribution >= 4 is 21.6 Å². The number of hydrogen-bond donors (Lipinski definition) is 1. The van der Waals surface area contributed by atoms with Gasteiger partial charge >= 0.3 is 0 Å². The Morgan fingerprint density at radius 1 is 1.17 bits per heavy atom. The lowest BCUT2D eigenvalue weighted by molar-refractivity contribution is -0.120. The van der Waals surface area contributed by atoms with Gasteiger partial charge in [0.1, 0.15) is 5.75 Å². The number of piperidine rings is 1. The monoisotopic (exact) mass is 416 g/mol. The number of hydrogen-bond acceptors (Lipinski definition) is 4. The van der Waals surface area contributed by atoms with Crippen LogP contribution >= 0.6 is 0 Å². The van der Waals surface area contributed by atoms with Crippen LogP contribution in [-0.2, 0) is 20.6 Å². The summed E-state index contributed by atoms with van der Waals surface area (Å²) in [5.74, 6) is 0.111. The summed E-state index contributed by atoms with van der Waals surface area (Å²) in [7, 11) is -3.46. The maximum Gasteiger partial charge on any atom is 0.228 e. The number of anilines is 1. The molecule has 1 aliphatic rings. The van der Waals surface area contributed by atoms with Gasteiger partial charge in [0.05, 0.1) is 17.8 Å². The highest BCUT2D eigenvalue weighted by Crippen LogP contribution is 2.24. The van der Waals surface area contributed by atoms with Crippen molar-refractivity contribution in [2.75, 3.05) is 18.4 Å². The lowest BCUT2D eigenvalue weighted by Crippen LogP contribution is -2.44. The van der Waals surface area contributed by atoms with Crippen molar-refractivity contribution in [1.29, 1.82) is 0 Å². The molecule has 1 heterocycles. The van der Waals surface area contributed by atoms with Crippen molar-refractivity contribution in [3.05, 3.63) is 60.2 Å². The van der Waals surface area contributed by atoms with Crippen LogP contribution in [0.25, 0.3) is 0 Å². The number of benzene rings is 2. The van der Waals surface area contributed by atoms with Crippen LogP contribution < -0.4 is 10.1 Å². The van der Waals surface area contributed by atoms with E-state index in [0.29, 0.717) is 30.8 Å². The summed E-state index contributed by atoms with van der Waals surface area (Å²) in [6.45, 7) is 4.55. The highest BCUT2D eigenvalue weighted by molar-refractivity contribution is 7.88. The average Bonchev–Trinajstić information content (AvgIpc) is 2.68. The molecule has 7 heteroatoms. The van der Waals surface area contributed by atoms with Gasteiger partial charge in [0, 0.05) is 24.8 Å². The smallest absolute Gasteiger partial charge is 0.228 e. The summed E-state index contributed by atoms with van der Waals surface area (Å²) in [6, 6.07) is 16.4. The van der Waals surface area contributed by atoms with Gasteiger partial charge in [0.25, 0.3) is 0 Å². The van der Waals surface area contributed by atoms with Crippen molar-refractivity contribution in [1.82, 2.24) is 4.31 Å². The molecule has 29 heavy (non-hydrogen) atoms. The Hall–Kier alpha value is -2.38. The van der Waals surface area contributed by atoms with Gasteiger partial charge in [0.2, 0.25) is 15.9 Å². The minimum absolute atomic E-state index is 0.0441. The lowest BCUT2D eigenvalue weighted by atomic mass is 9.98. The first-order valence-corrected chi connectivity index (χ1v) is 11.5. The fourth-order valence-electron chi connectivity index (χ4n) is 3.45. The first kappa shape index (κ1) is 21.3. The first-order chi connectivity index (χ1) is 13.8. The van der Waals surface area contributed by atoms with Crippen molar-refractivity contribution in [2.24, 2.45) is 5.92 Å². The van der Waals surface area contributed by atoms with Gasteiger partial charge < -0.3 is 10.1 Å². The number of carbonyl (C=O) groups is 1. The minimum Gasteiger partial charge on any atom is -0.491 e. The second kappa shape index (κ2) is 9.41. The van der Waals surface area contributed by atoms with Crippen LogP contribution in [0.3, 0.4) is 0 Å². The molecule has 1 fully saturated rings. The van der Waals surface area contributed by atoms with Crippen LogP contribution in [0.1, 0.15) is 32.3 Å². The molecule has 0 unspecified atom stereocenters. The molecule has 0 aromatic heterocycles. The Labute approximate surface area is 172 Å². The molecule has 2 aromatic carbocycles. The van der Waals surface area contributed by atoms with Gasteiger partial charge in [-0.15, -0.1) is 0 Å². The van der Waals surface area contributed by atoms with Crippen molar-refractivity contribution in [2.45, 2.75) is 38.5 Å². The van der Waals surface area contributed by atoms with Gasteiger partial charge in [-0.05, 0) is 44.4 Å². The fourth-order valence-corrected chi connectivity index (χ4v) is 5.06. The summed E-state index contributed by atoms with van der Waals surface area (Å²) in [4.78, 5) is 12.8. The molecule has 2 aromatic rings. The van der Waals surface area contributed by atoms with E-state index in [2.05, 4.69) is 5.32 Å². The molecule has 0 bridgehead atoms. The SMILES string of the molecule is CC(C)Oc1cccc(NC(=O)[C@@H]2CCCN(S(=O)(=O)Cc3ccccc3)C2)c1. The van der Waals surface area contributed by atoms with E-state index in [1.54, 1.807) is 24.3 Å². The van der Waals surface area contributed by atoms with E-state index in [1.807, 2.05) is 44.2 Å². The van der Waals surface area contributed by atoms with Gasteiger partial charge in [-0.25, -0.2) is 12.7 Å². The fraction of sp³-hybridized carbons (Fsp3) is 0.409. The predicted octanol–water partition coefficient (Wildman–Crippen LogP) is 3.65. The third kappa shape index (κ3) is 6.05. The minimum atomic E-state index is -3.46. The molecule has 0 aliphatic carbocycles. The average molecular weight is 417 g/mol. The normalized spacial score (nSPS) is 17.8. The Bertz CT molecular complexity index is 929. The van der Waals surface area contributed by atoms with Crippen molar-refractivity contribution < 1.29 is 17.9 Å². The molecular formula is C22H28N2O4S. The van der Waals surface area contributed by atoms with Crippen LogP contribution in [0.15, 0.2) is 54.6 Å². The van der Waals surface area contributed by atoms with E-state index in [1.165, 1.54) is 4.31 Å². The van der Waals surface area contributed by atoms with Crippen molar-refractivity contribution in [3.63, 3.8) is 0 Å². The summed E-state index contributed by atoms with van der Waals surface area (Å²) < 4.78 is 32.7. The summed E-state index contributed by atoms with van der Waals surface area (Å²) in [5.41, 5.74) is 1.40. The maximum atomic E-state index is 12.8. The third-order valence-corrected chi connectivity index (χ3v) is 6.63. The maximum absolute atomic E-state index is 12.8. The van der Waals surface area contributed by atoms with Crippen LogP contribution in [-0.4, -0.2) is 37.8 Å². The van der Waals surface area contributed by atoms with Crippen LogP contribution in [0.2, 0.25) is 0 Å². The largest absolute Gasteiger partial charge is 0.491 e.